The molecule has 4 aromatic rings. The minimum atomic E-state index is -0.977. The van der Waals surface area contributed by atoms with Crippen molar-refractivity contribution in [3.63, 3.8) is 0 Å². The van der Waals surface area contributed by atoms with Crippen LogP contribution in [-0.4, -0.2) is 31.2 Å². The molecule has 41 heavy (non-hydrogen) atoms. The molecule has 2 unspecified atom stereocenters. The number of para-hydroxylation sites is 1. The molecule has 1 fully saturated rings. The van der Waals surface area contributed by atoms with Crippen LogP contribution in [0.1, 0.15) is 36.0 Å². The number of fused-ring (bicyclic) bond motifs is 1. The molecule has 0 saturated heterocycles. The molecule has 6 nitrogen and oxygen atoms in total. The Morgan fingerprint density at radius 3 is 2.10 bits per heavy atom. The van der Waals surface area contributed by atoms with Gasteiger partial charge in [0.05, 0.1) is 31.0 Å². The molecule has 0 aromatic heterocycles. The minimum Gasteiger partial charge on any atom is -0.497 e. The number of methoxy groups -OCH3 is 1. The van der Waals surface area contributed by atoms with E-state index in [0.29, 0.717) is 17.9 Å². The largest absolute Gasteiger partial charge is 0.497 e. The number of ketones is 1. The number of nitrogens with zero attached hydrogens (tertiary/aromatic N) is 2. The second kappa shape index (κ2) is 11.0. The van der Waals surface area contributed by atoms with Crippen LogP contribution in [0.3, 0.4) is 0 Å². The van der Waals surface area contributed by atoms with Crippen LogP contribution < -0.4 is 9.75 Å². The molecule has 1 heterocycles. The molecule has 0 radical (unpaired) electrons. The van der Waals surface area contributed by atoms with Gasteiger partial charge in [0.25, 0.3) is 0 Å². The third-order valence-corrected chi connectivity index (χ3v) is 8.29. The lowest BCUT2D eigenvalue weighted by atomic mass is 9.58. The molecule has 2 aliphatic rings. The van der Waals surface area contributed by atoms with Gasteiger partial charge in [0.15, 0.2) is 5.78 Å². The Bertz CT molecular complexity index is 1550. The van der Waals surface area contributed by atoms with Crippen LogP contribution >= 0.6 is 0 Å². The zero-order valence-electron chi connectivity index (χ0n) is 23.1. The zero-order valence-corrected chi connectivity index (χ0v) is 23.1. The third kappa shape index (κ3) is 4.49. The molecule has 0 spiro atoms. The topological polar surface area (TPSA) is 68.2 Å². The minimum absolute atomic E-state index is 0.180. The van der Waals surface area contributed by atoms with Gasteiger partial charge in [0.1, 0.15) is 17.2 Å². The number of carbonyl (C=O) groups excluding carboxylic acids is 2. The number of esters is 1. The van der Waals surface area contributed by atoms with Gasteiger partial charge in [-0.25, -0.2) is 0 Å². The molecule has 6 heteroatoms. The lowest BCUT2D eigenvalue weighted by molar-refractivity contribution is -0.155. The highest BCUT2D eigenvalue weighted by atomic mass is 16.5. The van der Waals surface area contributed by atoms with Crippen molar-refractivity contribution in [1.82, 2.24) is 0 Å². The van der Waals surface area contributed by atoms with Crippen molar-refractivity contribution in [2.24, 2.45) is 16.9 Å². The van der Waals surface area contributed by atoms with E-state index in [2.05, 4.69) is 12.1 Å². The number of carbonyl (C=O) groups is 2. The van der Waals surface area contributed by atoms with Gasteiger partial charge in [-0.3, -0.25) is 14.6 Å². The summed E-state index contributed by atoms with van der Waals surface area (Å²) in [6.07, 6.45) is 0.470. The van der Waals surface area contributed by atoms with Crippen molar-refractivity contribution in [2.75, 3.05) is 18.7 Å². The normalized spacial score (nSPS) is 23.5. The Morgan fingerprint density at radius 2 is 1.49 bits per heavy atom. The maximum Gasteiger partial charge on any atom is 0.317 e. The molecule has 4 aromatic carbocycles. The maximum atomic E-state index is 14.9. The molecule has 1 aliphatic heterocycles. The van der Waals surface area contributed by atoms with E-state index in [0.717, 1.165) is 22.4 Å². The summed E-state index contributed by atoms with van der Waals surface area (Å²) in [5.74, 6) is -2.08. The second-order valence-electron chi connectivity index (χ2n) is 10.4. The first-order valence-corrected chi connectivity index (χ1v) is 14.0. The van der Waals surface area contributed by atoms with Crippen LogP contribution in [0.2, 0.25) is 0 Å². The van der Waals surface area contributed by atoms with Gasteiger partial charge in [-0.1, -0.05) is 91.0 Å². The lowest BCUT2D eigenvalue weighted by Crippen LogP contribution is -2.58. The molecule has 0 N–H and O–H groups in total. The molecule has 4 atom stereocenters. The standard InChI is InChI=1S/C35H32N2O4/c1-3-41-34(39)30-29(24-19-21-28(40-2)22-20-24)23-35(26-15-9-5-10-16-26)31(33(30)38)32(25-13-7-4-8-14-25)36-37(35)27-17-11-6-12-18-27/h4-22,29-31H,3,23H2,1-2H3/t29?,30?,31-,35+/m1/s1. The summed E-state index contributed by atoms with van der Waals surface area (Å²) in [5.41, 5.74) is 3.37. The van der Waals surface area contributed by atoms with Crippen LogP contribution in [0.5, 0.6) is 5.75 Å². The summed E-state index contributed by atoms with van der Waals surface area (Å²) >= 11 is 0. The summed E-state index contributed by atoms with van der Waals surface area (Å²) < 4.78 is 11.0. The fraction of sp³-hybridized carbons (Fsp3) is 0.229. The van der Waals surface area contributed by atoms with Gasteiger partial charge < -0.3 is 9.47 Å². The Balaban J connectivity index is 1.62. The third-order valence-electron chi connectivity index (χ3n) is 8.29. The van der Waals surface area contributed by atoms with E-state index in [4.69, 9.17) is 14.6 Å². The van der Waals surface area contributed by atoms with Crippen LogP contribution in [0, 0.1) is 11.8 Å². The van der Waals surface area contributed by atoms with Crippen LogP contribution in [-0.2, 0) is 19.9 Å². The van der Waals surface area contributed by atoms with Gasteiger partial charge in [-0.15, -0.1) is 0 Å². The number of benzene rings is 4. The van der Waals surface area contributed by atoms with E-state index in [-0.39, 0.29) is 12.4 Å². The van der Waals surface area contributed by atoms with E-state index >= 15 is 0 Å². The van der Waals surface area contributed by atoms with E-state index < -0.39 is 29.3 Å². The van der Waals surface area contributed by atoms with Crippen molar-refractivity contribution in [3.05, 3.63) is 132 Å². The Hall–Kier alpha value is -4.71. The van der Waals surface area contributed by atoms with Crippen LogP contribution in [0.4, 0.5) is 5.69 Å². The van der Waals surface area contributed by atoms with Crippen molar-refractivity contribution in [3.8, 4) is 5.75 Å². The first kappa shape index (κ1) is 26.5. The average molecular weight is 545 g/mol. The maximum absolute atomic E-state index is 14.9. The number of Topliss-reactive ketones (excluding diaryl/α,β-unsaturated/α-hetero) is 1. The summed E-state index contributed by atoms with van der Waals surface area (Å²) in [6.45, 7) is 1.97. The van der Waals surface area contributed by atoms with Crippen molar-refractivity contribution in [2.45, 2.75) is 24.8 Å². The quantitative estimate of drug-likeness (QED) is 0.200. The van der Waals surface area contributed by atoms with Crippen LogP contribution in [0.25, 0.3) is 0 Å². The summed E-state index contributed by atoms with van der Waals surface area (Å²) in [5, 5.41) is 7.24. The Kier molecular flexibility index (Phi) is 7.14. The number of hydrogen-bond acceptors (Lipinski definition) is 6. The SMILES string of the molecule is CCOC(=O)C1C(=O)[C@H]2C(c3ccccc3)=NN(c3ccccc3)[C@]2(c2ccccc2)CC1c1ccc(OC)cc1. The zero-order chi connectivity index (χ0) is 28.4. The highest BCUT2D eigenvalue weighted by Gasteiger charge is 2.64. The fourth-order valence-electron chi connectivity index (χ4n) is 6.51. The van der Waals surface area contributed by atoms with Crippen molar-refractivity contribution in [1.29, 1.82) is 0 Å². The molecular weight excluding hydrogens is 512 g/mol. The first-order chi connectivity index (χ1) is 20.1. The molecule has 0 bridgehead atoms. The summed E-state index contributed by atoms with van der Waals surface area (Å²) in [7, 11) is 1.62. The molecule has 0 amide bonds. The van der Waals surface area contributed by atoms with Gasteiger partial charge >= 0.3 is 5.97 Å². The Morgan fingerprint density at radius 1 is 0.878 bits per heavy atom. The number of ether oxygens (including phenoxy) is 2. The summed E-state index contributed by atoms with van der Waals surface area (Å²) in [4.78, 5) is 28.6. The molecule has 1 saturated carbocycles. The fourth-order valence-corrected chi connectivity index (χ4v) is 6.51. The van der Waals surface area contributed by atoms with Gasteiger partial charge in [-0.2, -0.15) is 5.10 Å². The van der Waals surface area contributed by atoms with Gasteiger partial charge in [0.2, 0.25) is 0 Å². The second-order valence-corrected chi connectivity index (χ2v) is 10.4. The lowest BCUT2D eigenvalue weighted by Gasteiger charge is -2.49. The summed E-state index contributed by atoms with van der Waals surface area (Å²) in [6, 6.07) is 37.5. The predicted molar refractivity (Wildman–Crippen MR) is 159 cm³/mol. The smallest absolute Gasteiger partial charge is 0.317 e. The van der Waals surface area contributed by atoms with Gasteiger partial charge in [0, 0.05) is 5.92 Å². The number of rotatable bonds is 7. The Labute approximate surface area is 240 Å². The average Bonchev–Trinajstić information content (AvgIpc) is 3.39. The van der Waals surface area contributed by atoms with Crippen LogP contribution in [0.15, 0.2) is 120 Å². The van der Waals surface area contributed by atoms with E-state index in [1.165, 1.54) is 0 Å². The predicted octanol–water partition coefficient (Wildman–Crippen LogP) is 6.37. The van der Waals surface area contributed by atoms with Crippen molar-refractivity contribution < 1.29 is 19.1 Å². The van der Waals surface area contributed by atoms with Gasteiger partial charge in [-0.05, 0) is 54.3 Å². The number of anilines is 1. The molecule has 1 aliphatic carbocycles. The van der Waals surface area contributed by atoms with E-state index in [9.17, 15) is 9.59 Å². The van der Waals surface area contributed by atoms with E-state index in [1.54, 1.807) is 14.0 Å². The molecular formula is C35H32N2O4. The monoisotopic (exact) mass is 544 g/mol. The number of hydrazone groups is 1. The number of hydrogen-bond donors (Lipinski definition) is 0. The highest BCUT2D eigenvalue weighted by molar-refractivity contribution is 6.21. The molecule has 206 valence electrons. The molecule has 6 rings (SSSR count). The first-order valence-electron chi connectivity index (χ1n) is 14.0. The van der Waals surface area contributed by atoms with E-state index in [1.807, 2.05) is 108 Å². The van der Waals surface area contributed by atoms with Crippen molar-refractivity contribution >= 4 is 23.2 Å². The highest BCUT2D eigenvalue weighted by Crippen LogP contribution is 2.57.